The fraction of sp³-hybridized carbons (Fsp3) is 0.250. The van der Waals surface area contributed by atoms with E-state index in [1.54, 1.807) is 39.0 Å². The second-order valence-electron chi connectivity index (χ2n) is 16.6. The van der Waals surface area contributed by atoms with Crippen molar-refractivity contribution in [2.45, 2.75) is 96.9 Å². The maximum absolute atomic E-state index is 12.7. The van der Waals surface area contributed by atoms with E-state index in [0.717, 1.165) is 31.5 Å². The minimum atomic E-state index is -1.33. The Morgan fingerprint density at radius 2 is 0.397 bits per heavy atom. The van der Waals surface area contributed by atoms with E-state index < -0.39 is 104 Å². The lowest BCUT2D eigenvalue weighted by molar-refractivity contribution is 0.436. The molecule has 0 aliphatic heterocycles. The minimum Gasteiger partial charge on any atom is -0.207 e. The molecule has 0 aromatic heterocycles. The van der Waals surface area contributed by atoms with Gasteiger partial charge in [-0.1, -0.05) is 24.3 Å². The Bertz CT molecular complexity index is 2680. The summed E-state index contributed by atoms with van der Waals surface area (Å²) in [4.78, 5) is 0. The van der Waals surface area contributed by atoms with Gasteiger partial charge in [0.05, 0.1) is 0 Å². The summed E-state index contributed by atoms with van der Waals surface area (Å²) in [6.45, 7) is 19.9. The molecule has 0 aliphatic rings. The topological polar surface area (TPSA) is 0 Å². The van der Waals surface area contributed by atoms with Crippen LogP contribution in [0.15, 0.2) is 66.7 Å². The van der Waals surface area contributed by atoms with Crippen LogP contribution in [0.4, 0.5) is 74.6 Å². The SMILES string of the molecule is Cc1c(F)c(F)c(C)c(F)c1F.Cc1cc(F)c(C)c(F)c1.Cc1cc(F)c(C)c(F)c1.Cc1cc(F)c(C)c(F)c1F.Cc1cc(F)c(C)c(F)c1F.Cc1ccc(C)c(F)c1.Cc1ccc(C)c(F)c1F. The molecule has 7 aromatic carbocycles. The van der Waals surface area contributed by atoms with E-state index in [1.807, 2.05) is 13.0 Å². The zero-order valence-corrected chi connectivity index (χ0v) is 42.3. The largest absolute Gasteiger partial charge is 0.207 e. The van der Waals surface area contributed by atoms with Crippen LogP contribution < -0.4 is 0 Å². The molecule has 0 radical (unpaired) electrons. The summed E-state index contributed by atoms with van der Waals surface area (Å²) in [6.07, 6.45) is 0. The lowest BCUT2D eigenvalue weighted by Crippen LogP contribution is -2.02. The van der Waals surface area contributed by atoms with Gasteiger partial charge >= 0.3 is 0 Å². The quantitative estimate of drug-likeness (QED) is 0.105. The average Bonchev–Trinajstić information content (AvgIpc) is 3.33. The van der Waals surface area contributed by atoms with Crippen LogP contribution in [-0.2, 0) is 0 Å². The molecule has 7 rings (SSSR count). The zero-order chi connectivity index (χ0) is 56.7. The number of hydrogen-bond acceptors (Lipinski definition) is 0. The molecule has 0 saturated heterocycles. The zero-order valence-electron chi connectivity index (χ0n) is 42.3. The Morgan fingerprint density at radius 1 is 0.178 bits per heavy atom. The first-order chi connectivity index (χ1) is 33.6. The van der Waals surface area contributed by atoms with Gasteiger partial charge in [-0.25, -0.2) is 74.6 Å². The van der Waals surface area contributed by atoms with Crippen molar-refractivity contribution in [2.75, 3.05) is 0 Å². The van der Waals surface area contributed by atoms with Crippen LogP contribution in [-0.4, -0.2) is 0 Å². The number of halogens is 17. The molecule has 396 valence electrons. The van der Waals surface area contributed by atoms with Crippen molar-refractivity contribution in [1.82, 2.24) is 0 Å². The van der Waals surface area contributed by atoms with Gasteiger partial charge < -0.3 is 0 Å². The maximum atomic E-state index is 12.7. The number of hydrogen-bond donors (Lipinski definition) is 0. The number of benzene rings is 7. The van der Waals surface area contributed by atoms with E-state index in [-0.39, 0.29) is 39.2 Å². The summed E-state index contributed by atoms with van der Waals surface area (Å²) in [7, 11) is 0. The molecular weight excluding hydrogens is 996 g/mol. The lowest BCUT2D eigenvalue weighted by Gasteiger charge is -2.04. The van der Waals surface area contributed by atoms with Crippen LogP contribution >= 0.6 is 0 Å². The van der Waals surface area contributed by atoms with Gasteiger partial charge in [-0.15, -0.1) is 0 Å². The van der Waals surface area contributed by atoms with Crippen LogP contribution in [0.3, 0.4) is 0 Å². The Hall–Kier alpha value is -6.65. The van der Waals surface area contributed by atoms with Crippen LogP contribution in [0.1, 0.15) is 77.9 Å². The predicted molar refractivity (Wildman–Crippen MR) is 251 cm³/mol. The summed E-state index contributed by atoms with van der Waals surface area (Å²) in [6, 6.07) is 15.6. The highest BCUT2D eigenvalue weighted by molar-refractivity contribution is 5.30. The van der Waals surface area contributed by atoms with Gasteiger partial charge in [-0.05, 0) is 184 Å². The van der Waals surface area contributed by atoms with Crippen LogP contribution in [0.2, 0.25) is 0 Å². The number of rotatable bonds is 0. The highest BCUT2D eigenvalue weighted by Gasteiger charge is 2.20. The third-order valence-corrected chi connectivity index (χ3v) is 10.5. The van der Waals surface area contributed by atoms with Gasteiger partial charge in [0, 0.05) is 33.4 Å². The van der Waals surface area contributed by atoms with E-state index in [4.69, 9.17) is 0 Å². The van der Waals surface area contributed by atoms with Crippen molar-refractivity contribution in [2.24, 2.45) is 0 Å². The van der Waals surface area contributed by atoms with Crippen LogP contribution in [0, 0.1) is 196 Å². The molecule has 0 amide bonds. The van der Waals surface area contributed by atoms with Gasteiger partial charge in [0.15, 0.2) is 58.2 Å². The normalized spacial score (nSPS) is 10.1. The predicted octanol–water partition coefficient (Wildman–Crippen LogP) is 18.5. The summed E-state index contributed by atoms with van der Waals surface area (Å²) < 4.78 is 215. The lowest BCUT2D eigenvalue weighted by atomic mass is 10.1. The van der Waals surface area contributed by atoms with Gasteiger partial charge in [-0.3, -0.25) is 0 Å². The van der Waals surface area contributed by atoms with E-state index in [9.17, 15) is 74.6 Å². The Labute approximate surface area is 414 Å². The van der Waals surface area contributed by atoms with Crippen molar-refractivity contribution >= 4 is 0 Å². The first kappa shape index (κ1) is 64.4. The molecule has 73 heavy (non-hydrogen) atoms. The fourth-order valence-corrected chi connectivity index (χ4v) is 5.44. The van der Waals surface area contributed by atoms with Gasteiger partial charge in [0.1, 0.15) is 40.7 Å². The van der Waals surface area contributed by atoms with Crippen LogP contribution in [0.5, 0.6) is 0 Å². The first-order valence-corrected chi connectivity index (χ1v) is 21.6. The van der Waals surface area contributed by atoms with E-state index in [2.05, 4.69) is 0 Å². The molecule has 0 aliphatic carbocycles. The van der Waals surface area contributed by atoms with Crippen LogP contribution in [0.25, 0.3) is 0 Å². The highest BCUT2D eigenvalue weighted by atomic mass is 19.2. The van der Waals surface area contributed by atoms with Crippen molar-refractivity contribution < 1.29 is 74.6 Å². The van der Waals surface area contributed by atoms with E-state index >= 15 is 0 Å². The molecular formula is C56H53F17. The van der Waals surface area contributed by atoms with E-state index in [0.29, 0.717) is 27.8 Å². The van der Waals surface area contributed by atoms with Crippen molar-refractivity contribution in [3.05, 3.63) is 244 Å². The standard InChI is InChI=1S/C8H6F4.2C8H7F3.3C8H8F2.C8H9F/c1-3-5(9)7(11)4(2)8(12)6(3)10;2*1-4-3-6(9)5(2)8(11)7(4)10;2*1-5-3-7(9)6(2)8(10)4-5;1-5-3-4-6(2)8(10)7(5)9;1-6-3-4-7(2)8(9)5-6/h1-2H3;2*3H,1-2H3;3*3-4H,1-2H3;3-5H,1-2H3. The first-order valence-electron chi connectivity index (χ1n) is 21.6. The Morgan fingerprint density at radius 3 is 0.658 bits per heavy atom. The molecule has 0 nitrogen and oxygen atoms in total. The summed E-state index contributed by atoms with van der Waals surface area (Å²) in [5, 5.41) is 0. The van der Waals surface area contributed by atoms with Crippen molar-refractivity contribution in [3.8, 4) is 0 Å². The summed E-state index contributed by atoms with van der Waals surface area (Å²) in [5.41, 5.74) is 1.96. The Balaban J connectivity index is 0.000000426. The molecule has 0 saturated carbocycles. The average molecular weight is 1050 g/mol. The van der Waals surface area contributed by atoms with Gasteiger partial charge in [0.2, 0.25) is 0 Å². The summed E-state index contributed by atoms with van der Waals surface area (Å²) >= 11 is 0. The number of aryl methyl sites for hydroxylation is 8. The minimum absolute atomic E-state index is 0.00870. The molecule has 0 atom stereocenters. The van der Waals surface area contributed by atoms with Crippen molar-refractivity contribution in [1.29, 1.82) is 0 Å². The second-order valence-corrected chi connectivity index (χ2v) is 16.6. The molecule has 0 fully saturated rings. The van der Waals surface area contributed by atoms with Gasteiger partial charge in [-0.2, -0.15) is 0 Å². The molecule has 0 N–H and O–H groups in total. The molecule has 17 heteroatoms. The molecule has 0 heterocycles. The fourth-order valence-electron chi connectivity index (χ4n) is 5.44. The monoisotopic (exact) mass is 1050 g/mol. The Kier molecular flexibility index (Phi) is 25.2. The van der Waals surface area contributed by atoms with E-state index in [1.165, 1.54) is 85.7 Å². The third-order valence-electron chi connectivity index (χ3n) is 10.5. The third kappa shape index (κ3) is 18.4. The van der Waals surface area contributed by atoms with Gasteiger partial charge in [0.25, 0.3) is 0 Å². The second kappa shape index (κ2) is 28.6. The molecule has 0 bridgehead atoms. The molecule has 0 spiro atoms. The molecule has 0 unspecified atom stereocenters. The van der Waals surface area contributed by atoms with Crippen molar-refractivity contribution in [3.63, 3.8) is 0 Å². The summed E-state index contributed by atoms with van der Waals surface area (Å²) in [5.74, 6) is -14.3. The highest BCUT2D eigenvalue weighted by Crippen LogP contribution is 2.23. The smallest absolute Gasteiger partial charge is 0.165 e. The maximum Gasteiger partial charge on any atom is 0.165 e. The molecule has 7 aromatic rings.